The van der Waals surface area contributed by atoms with E-state index in [1.807, 2.05) is 43.3 Å². The average molecular weight is 334 g/mol. The molecule has 0 saturated heterocycles. The zero-order valence-electron chi connectivity index (χ0n) is 14.0. The van der Waals surface area contributed by atoms with Crippen LogP contribution in [0, 0.1) is 11.3 Å². The smallest absolute Gasteiger partial charge is 0.261 e. The molecule has 126 valence electrons. The second kappa shape index (κ2) is 7.10. The molecule has 0 unspecified atom stereocenters. The number of nitrogens with one attached hydrogen (secondary N) is 1. The molecule has 1 heterocycles. The topological polar surface area (TPSA) is 75.3 Å². The van der Waals surface area contributed by atoms with Crippen LogP contribution in [0.3, 0.4) is 0 Å². The summed E-state index contributed by atoms with van der Waals surface area (Å²) in [6.07, 6.45) is -0.667. The lowest BCUT2D eigenvalue weighted by molar-refractivity contribution is -0.128. The van der Waals surface area contributed by atoms with Crippen LogP contribution in [0.5, 0.6) is 5.75 Å². The Labute approximate surface area is 145 Å². The second-order valence-corrected chi connectivity index (χ2v) is 5.81. The maximum atomic E-state index is 12.3. The first-order valence-electron chi connectivity index (χ1n) is 8.02. The van der Waals surface area contributed by atoms with Gasteiger partial charge in [0.15, 0.2) is 6.10 Å². The van der Waals surface area contributed by atoms with Crippen LogP contribution in [0.25, 0.3) is 11.0 Å². The molecule has 2 aromatic carbocycles. The highest BCUT2D eigenvalue weighted by Crippen LogP contribution is 2.23. The molecule has 0 bridgehead atoms. The van der Waals surface area contributed by atoms with E-state index >= 15 is 0 Å². The molecule has 1 N–H and O–H groups in total. The molecule has 1 amide bonds. The molecule has 0 aliphatic heterocycles. The predicted octanol–water partition coefficient (Wildman–Crippen LogP) is 3.95. The third-order valence-corrected chi connectivity index (χ3v) is 3.90. The zero-order chi connectivity index (χ0) is 17.8. The van der Waals surface area contributed by atoms with Gasteiger partial charge < -0.3 is 14.5 Å². The number of nitrogens with zero attached hydrogens (tertiary/aromatic N) is 1. The highest BCUT2D eigenvalue weighted by molar-refractivity contribution is 5.82. The fourth-order valence-corrected chi connectivity index (χ4v) is 2.48. The lowest BCUT2D eigenvalue weighted by atomic mass is 10.2. The van der Waals surface area contributed by atoms with E-state index in [1.54, 1.807) is 31.2 Å². The number of rotatable bonds is 5. The molecule has 25 heavy (non-hydrogen) atoms. The highest BCUT2D eigenvalue weighted by Gasteiger charge is 2.19. The molecule has 0 radical (unpaired) electrons. The van der Waals surface area contributed by atoms with Gasteiger partial charge in [0.1, 0.15) is 17.1 Å². The van der Waals surface area contributed by atoms with Crippen LogP contribution in [0.15, 0.2) is 59.0 Å². The summed E-state index contributed by atoms with van der Waals surface area (Å²) in [4.78, 5) is 12.3. The summed E-state index contributed by atoms with van der Waals surface area (Å²) in [7, 11) is 0. The van der Waals surface area contributed by atoms with Gasteiger partial charge in [-0.1, -0.05) is 18.2 Å². The Morgan fingerprint density at radius 1 is 1.16 bits per heavy atom. The average Bonchev–Trinajstić information content (AvgIpc) is 3.06. The van der Waals surface area contributed by atoms with Crippen molar-refractivity contribution < 1.29 is 13.9 Å². The van der Waals surface area contributed by atoms with E-state index < -0.39 is 6.10 Å². The number of amides is 1. The number of nitriles is 1. The van der Waals surface area contributed by atoms with Crippen LogP contribution in [0.2, 0.25) is 0 Å². The first kappa shape index (κ1) is 16.6. The van der Waals surface area contributed by atoms with Crippen LogP contribution in [-0.4, -0.2) is 12.0 Å². The Bertz CT molecular complexity index is 889. The van der Waals surface area contributed by atoms with Gasteiger partial charge in [-0.25, -0.2) is 0 Å². The van der Waals surface area contributed by atoms with Crippen LogP contribution < -0.4 is 10.1 Å². The summed E-state index contributed by atoms with van der Waals surface area (Å²) >= 11 is 0. The number of ether oxygens (including phenoxy) is 1. The van der Waals surface area contributed by atoms with Crippen LogP contribution in [0.4, 0.5) is 0 Å². The van der Waals surface area contributed by atoms with Gasteiger partial charge in [0.2, 0.25) is 0 Å². The molecular formula is C20H18N2O3. The molecule has 0 spiro atoms. The highest BCUT2D eigenvalue weighted by atomic mass is 16.5. The van der Waals surface area contributed by atoms with E-state index in [0.717, 1.165) is 11.0 Å². The van der Waals surface area contributed by atoms with Gasteiger partial charge in [0, 0.05) is 5.39 Å². The first-order valence-corrected chi connectivity index (χ1v) is 8.02. The third kappa shape index (κ3) is 3.81. The summed E-state index contributed by atoms with van der Waals surface area (Å²) in [5, 5.41) is 12.7. The summed E-state index contributed by atoms with van der Waals surface area (Å²) < 4.78 is 11.4. The maximum Gasteiger partial charge on any atom is 0.261 e. The van der Waals surface area contributed by atoms with Crippen LogP contribution in [0.1, 0.15) is 31.2 Å². The Morgan fingerprint density at radius 2 is 1.88 bits per heavy atom. The molecule has 0 aliphatic carbocycles. The van der Waals surface area contributed by atoms with Gasteiger partial charge in [-0.05, 0) is 50.2 Å². The molecular weight excluding hydrogens is 316 g/mol. The molecule has 0 saturated carbocycles. The minimum Gasteiger partial charge on any atom is -0.481 e. The summed E-state index contributed by atoms with van der Waals surface area (Å²) in [6.45, 7) is 3.54. The summed E-state index contributed by atoms with van der Waals surface area (Å²) in [6, 6.07) is 18.0. The van der Waals surface area contributed by atoms with E-state index in [4.69, 9.17) is 14.4 Å². The number of hydrogen-bond acceptors (Lipinski definition) is 4. The van der Waals surface area contributed by atoms with Crippen LogP contribution >= 0.6 is 0 Å². The third-order valence-electron chi connectivity index (χ3n) is 3.90. The van der Waals surface area contributed by atoms with Gasteiger partial charge in [-0.2, -0.15) is 5.26 Å². The molecule has 2 atom stereocenters. The van der Waals surface area contributed by atoms with E-state index in [1.165, 1.54) is 0 Å². The first-order chi connectivity index (χ1) is 12.1. The van der Waals surface area contributed by atoms with Crippen molar-refractivity contribution in [1.82, 2.24) is 5.32 Å². The van der Waals surface area contributed by atoms with Gasteiger partial charge >= 0.3 is 0 Å². The number of carbonyl (C=O) groups is 1. The van der Waals surface area contributed by atoms with Crippen molar-refractivity contribution in [1.29, 1.82) is 5.26 Å². The van der Waals surface area contributed by atoms with Crippen molar-refractivity contribution in [3.05, 3.63) is 65.9 Å². The Kier molecular flexibility index (Phi) is 4.71. The fourth-order valence-electron chi connectivity index (χ4n) is 2.48. The Balaban J connectivity index is 1.62. The van der Waals surface area contributed by atoms with E-state index in [9.17, 15) is 4.79 Å². The number of carbonyl (C=O) groups excluding carboxylic acids is 1. The van der Waals surface area contributed by atoms with Crippen molar-refractivity contribution in [2.45, 2.75) is 26.0 Å². The molecule has 5 heteroatoms. The molecule has 1 aromatic heterocycles. The standard InChI is InChI=1S/C20H18N2O3/c1-13(19-11-16-5-3-4-6-18(16)25-19)22-20(23)14(2)24-17-9-7-15(12-21)8-10-17/h3-11,13-14H,1-2H3,(H,22,23)/t13-,14+/m0/s1. The largest absolute Gasteiger partial charge is 0.481 e. The van der Waals surface area contributed by atoms with E-state index in [-0.39, 0.29) is 11.9 Å². The molecule has 3 rings (SSSR count). The van der Waals surface area contributed by atoms with Gasteiger partial charge in [-0.15, -0.1) is 0 Å². The Hall–Kier alpha value is -3.26. The lowest BCUT2D eigenvalue weighted by Crippen LogP contribution is -2.37. The fraction of sp³-hybridized carbons (Fsp3) is 0.200. The lowest BCUT2D eigenvalue weighted by Gasteiger charge is -2.17. The maximum absolute atomic E-state index is 12.3. The Morgan fingerprint density at radius 3 is 2.56 bits per heavy atom. The predicted molar refractivity (Wildman–Crippen MR) is 94.0 cm³/mol. The van der Waals surface area contributed by atoms with Crippen molar-refractivity contribution in [3.8, 4) is 11.8 Å². The van der Waals surface area contributed by atoms with Crippen molar-refractivity contribution in [3.63, 3.8) is 0 Å². The van der Waals surface area contributed by atoms with Crippen LogP contribution in [-0.2, 0) is 4.79 Å². The quantitative estimate of drug-likeness (QED) is 0.766. The van der Waals surface area contributed by atoms with Crippen molar-refractivity contribution >= 4 is 16.9 Å². The number of para-hydroxylation sites is 1. The normalized spacial score (nSPS) is 13.0. The molecule has 3 aromatic rings. The molecule has 0 aliphatic rings. The molecule has 0 fully saturated rings. The van der Waals surface area contributed by atoms with Crippen molar-refractivity contribution in [2.75, 3.05) is 0 Å². The van der Waals surface area contributed by atoms with Gasteiger partial charge in [-0.3, -0.25) is 4.79 Å². The minimum absolute atomic E-state index is 0.239. The monoisotopic (exact) mass is 334 g/mol. The van der Waals surface area contributed by atoms with Gasteiger partial charge in [0.25, 0.3) is 5.91 Å². The summed E-state index contributed by atoms with van der Waals surface area (Å²) in [5.41, 5.74) is 1.34. The van der Waals surface area contributed by atoms with E-state index in [0.29, 0.717) is 17.1 Å². The number of fused-ring (bicyclic) bond motifs is 1. The molecule has 5 nitrogen and oxygen atoms in total. The number of hydrogen-bond donors (Lipinski definition) is 1. The van der Waals surface area contributed by atoms with Gasteiger partial charge in [0.05, 0.1) is 17.7 Å². The van der Waals surface area contributed by atoms with Crippen molar-refractivity contribution in [2.24, 2.45) is 0 Å². The number of furan rings is 1. The second-order valence-electron chi connectivity index (χ2n) is 5.81. The summed E-state index contributed by atoms with van der Waals surface area (Å²) in [5.74, 6) is 0.996. The minimum atomic E-state index is -0.667. The zero-order valence-corrected chi connectivity index (χ0v) is 14.0. The number of benzene rings is 2. The SMILES string of the molecule is C[C@H](NC(=O)[C@@H](C)Oc1ccc(C#N)cc1)c1cc2ccccc2o1. The van der Waals surface area contributed by atoms with E-state index in [2.05, 4.69) is 5.32 Å².